The van der Waals surface area contributed by atoms with E-state index in [1.807, 2.05) is 51.1 Å². The molecule has 130 valence electrons. The molecular formula is C17H28NO4P. The quantitative estimate of drug-likeness (QED) is 0.726. The number of hydrogen-bond acceptors (Lipinski definition) is 4. The molecule has 1 atom stereocenters. The second-order valence-corrected chi connectivity index (χ2v) is 8.52. The first kappa shape index (κ1) is 19.9. The Hall–Kier alpha value is -1.16. The smallest absolute Gasteiger partial charge is 0.341 e. The van der Waals surface area contributed by atoms with Gasteiger partial charge in [-0.2, -0.15) is 0 Å². The average Bonchev–Trinajstić information content (AvgIpc) is 2.47. The van der Waals surface area contributed by atoms with Crippen LogP contribution in [0.25, 0.3) is 0 Å². The highest BCUT2D eigenvalue weighted by atomic mass is 31.2. The molecule has 0 radical (unpaired) electrons. The van der Waals surface area contributed by atoms with E-state index in [1.54, 1.807) is 13.8 Å². The van der Waals surface area contributed by atoms with Crippen molar-refractivity contribution in [1.29, 1.82) is 0 Å². The number of nitrogens with one attached hydrogen (secondary N) is 1. The lowest BCUT2D eigenvalue weighted by Gasteiger charge is -2.29. The Morgan fingerprint density at radius 3 is 2.09 bits per heavy atom. The summed E-state index contributed by atoms with van der Waals surface area (Å²) in [7, 11) is -3.45. The van der Waals surface area contributed by atoms with E-state index in [1.165, 1.54) is 0 Å². The monoisotopic (exact) mass is 341 g/mol. The van der Waals surface area contributed by atoms with Gasteiger partial charge in [0.15, 0.2) is 0 Å². The van der Waals surface area contributed by atoms with Crippen LogP contribution in [0.4, 0.5) is 0 Å². The lowest BCUT2D eigenvalue weighted by Crippen LogP contribution is -2.43. The van der Waals surface area contributed by atoms with Gasteiger partial charge in [0.2, 0.25) is 5.91 Å². The molecule has 0 unspecified atom stereocenters. The van der Waals surface area contributed by atoms with Crippen molar-refractivity contribution in [1.82, 2.24) is 5.32 Å². The van der Waals surface area contributed by atoms with Gasteiger partial charge in [-0.3, -0.25) is 9.36 Å². The fourth-order valence-electron chi connectivity index (χ4n) is 2.02. The van der Waals surface area contributed by atoms with Crippen molar-refractivity contribution in [2.45, 2.75) is 46.8 Å². The minimum atomic E-state index is -3.45. The van der Waals surface area contributed by atoms with E-state index < -0.39 is 18.8 Å². The van der Waals surface area contributed by atoms with Gasteiger partial charge in [0, 0.05) is 11.8 Å². The maximum absolute atomic E-state index is 13.1. The molecule has 0 bridgehead atoms. The summed E-state index contributed by atoms with van der Waals surface area (Å²) in [5.74, 6) is -0.894. The first-order valence-electron chi connectivity index (χ1n) is 7.96. The van der Waals surface area contributed by atoms with Crippen LogP contribution in [0.5, 0.6) is 0 Å². The van der Waals surface area contributed by atoms with Gasteiger partial charge in [-0.15, -0.1) is 0 Å². The Labute approximate surface area is 139 Å². The Kier molecular flexibility index (Phi) is 7.46. The highest BCUT2D eigenvalue weighted by molar-refractivity contribution is 7.54. The third-order valence-electron chi connectivity index (χ3n) is 3.25. The van der Waals surface area contributed by atoms with Gasteiger partial charge in [0.25, 0.3) is 0 Å². The van der Waals surface area contributed by atoms with Crippen LogP contribution in [0, 0.1) is 5.41 Å². The van der Waals surface area contributed by atoms with Crippen LogP contribution in [0.15, 0.2) is 30.3 Å². The Morgan fingerprint density at radius 2 is 1.65 bits per heavy atom. The van der Waals surface area contributed by atoms with Crippen molar-refractivity contribution < 1.29 is 18.4 Å². The Balaban J connectivity index is 3.08. The molecule has 0 aliphatic heterocycles. The van der Waals surface area contributed by atoms with Gasteiger partial charge >= 0.3 is 7.60 Å². The number of benzene rings is 1. The summed E-state index contributed by atoms with van der Waals surface area (Å²) in [6.45, 7) is 9.48. The third-order valence-corrected chi connectivity index (χ3v) is 5.56. The lowest BCUT2D eigenvalue weighted by molar-refractivity contribution is -0.128. The first-order chi connectivity index (χ1) is 10.7. The Bertz CT molecular complexity index is 529. The van der Waals surface area contributed by atoms with Crippen molar-refractivity contribution >= 4 is 13.5 Å². The first-order valence-corrected chi connectivity index (χ1v) is 9.57. The third kappa shape index (κ3) is 6.09. The topological polar surface area (TPSA) is 64.6 Å². The van der Waals surface area contributed by atoms with Crippen molar-refractivity contribution in [3.63, 3.8) is 0 Å². The van der Waals surface area contributed by atoms with E-state index in [0.717, 1.165) is 5.56 Å². The summed E-state index contributed by atoms with van der Waals surface area (Å²) in [5.41, 5.74) is 0.379. The molecule has 23 heavy (non-hydrogen) atoms. The summed E-state index contributed by atoms with van der Waals surface area (Å²) in [5, 5.41) is 2.86. The maximum Gasteiger partial charge on any atom is 0.353 e. The number of carbonyl (C=O) groups is 1. The standard InChI is InChI=1S/C17H28NO4P/c1-6-21-23(20,22-7-2)15(18-16(19)17(3,4)5)13-14-11-9-8-10-12-14/h8-12,15H,6-7,13H2,1-5H3,(H,18,19)/t15-/m1/s1. The van der Waals surface area contributed by atoms with E-state index >= 15 is 0 Å². The molecule has 1 amide bonds. The van der Waals surface area contributed by atoms with E-state index in [-0.39, 0.29) is 19.1 Å². The van der Waals surface area contributed by atoms with E-state index in [2.05, 4.69) is 5.32 Å². The predicted octanol–water partition coefficient (Wildman–Crippen LogP) is 3.98. The molecule has 0 heterocycles. The second-order valence-electron chi connectivity index (χ2n) is 6.30. The summed E-state index contributed by atoms with van der Waals surface area (Å²) in [6.07, 6.45) is 0.389. The van der Waals surface area contributed by atoms with Gasteiger partial charge in [-0.1, -0.05) is 51.1 Å². The predicted molar refractivity (Wildman–Crippen MR) is 92.4 cm³/mol. The summed E-state index contributed by atoms with van der Waals surface area (Å²) >= 11 is 0. The molecule has 1 aromatic rings. The molecule has 0 saturated heterocycles. The summed E-state index contributed by atoms with van der Waals surface area (Å²) in [4.78, 5) is 12.4. The molecule has 1 N–H and O–H groups in total. The van der Waals surface area contributed by atoms with Crippen LogP contribution < -0.4 is 5.32 Å². The number of carbonyl (C=O) groups excluding carboxylic acids is 1. The van der Waals surface area contributed by atoms with Crippen molar-refractivity contribution in [2.75, 3.05) is 13.2 Å². The van der Waals surface area contributed by atoms with Crippen LogP contribution in [-0.2, 0) is 24.8 Å². The van der Waals surface area contributed by atoms with Gasteiger partial charge in [-0.05, 0) is 19.4 Å². The molecule has 0 aliphatic carbocycles. The fourth-order valence-corrected chi connectivity index (χ4v) is 3.89. The molecule has 0 aliphatic rings. The summed E-state index contributed by atoms with van der Waals surface area (Å²) in [6, 6.07) is 9.59. The molecule has 5 nitrogen and oxygen atoms in total. The zero-order valence-electron chi connectivity index (χ0n) is 14.7. The van der Waals surface area contributed by atoms with Crippen LogP contribution >= 0.6 is 7.60 Å². The van der Waals surface area contributed by atoms with E-state index in [9.17, 15) is 9.36 Å². The molecule has 0 aromatic heterocycles. The molecule has 0 saturated carbocycles. The van der Waals surface area contributed by atoms with Crippen molar-refractivity contribution in [3.8, 4) is 0 Å². The van der Waals surface area contributed by atoms with Crippen molar-refractivity contribution in [3.05, 3.63) is 35.9 Å². The van der Waals surface area contributed by atoms with Crippen molar-refractivity contribution in [2.24, 2.45) is 5.41 Å². The molecule has 0 fully saturated rings. The number of hydrogen-bond donors (Lipinski definition) is 1. The number of rotatable bonds is 8. The van der Waals surface area contributed by atoms with Gasteiger partial charge < -0.3 is 14.4 Å². The normalized spacial score (nSPS) is 13.6. The number of amides is 1. The van der Waals surface area contributed by atoms with Gasteiger partial charge in [-0.25, -0.2) is 0 Å². The highest BCUT2D eigenvalue weighted by Gasteiger charge is 2.38. The lowest BCUT2D eigenvalue weighted by atomic mass is 9.95. The highest BCUT2D eigenvalue weighted by Crippen LogP contribution is 2.53. The molecule has 1 aromatic carbocycles. The van der Waals surface area contributed by atoms with Crippen LogP contribution in [0.1, 0.15) is 40.2 Å². The van der Waals surface area contributed by atoms with E-state index in [4.69, 9.17) is 9.05 Å². The molecular weight excluding hydrogens is 313 g/mol. The van der Waals surface area contributed by atoms with Gasteiger partial charge in [0.1, 0.15) is 5.78 Å². The largest absolute Gasteiger partial charge is 0.353 e. The minimum Gasteiger partial charge on any atom is -0.341 e. The van der Waals surface area contributed by atoms with Crippen LogP contribution in [-0.4, -0.2) is 24.9 Å². The zero-order valence-corrected chi connectivity index (χ0v) is 15.6. The van der Waals surface area contributed by atoms with E-state index in [0.29, 0.717) is 6.42 Å². The molecule has 1 rings (SSSR count). The summed E-state index contributed by atoms with van der Waals surface area (Å²) < 4.78 is 24.0. The minimum absolute atomic E-state index is 0.182. The second kappa shape index (κ2) is 8.62. The van der Waals surface area contributed by atoms with Crippen LogP contribution in [0.3, 0.4) is 0 Å². The fraction of sp³-hybridized carbons (Fsp3) is 0.588. The molecule has 6 heteroatoms. The maximum atomic E-state index is 13.1. The average molecular weight is 341 g/mol. The van der Waals surface area contributed by atoms with Gasteiger partial charge in [0.05, 0.1) is 13.2 Å². The SMILES string of the molecule is CCOP(=O)(OCC)[C@H](Cc1ccccc1)NC(=O)C(C)(C)C. The Morgan fingerprint density at radius 1 is 1.13 bits per heavy atom. The molecule has 0 spiro atoms. The van der Waals surface area contributed by atoms with Crippen LogP contribution in [0.2, 0.25) is 0 Å². The zero-order chi connectivity index (χ0) is 17.5.